The Hall–Kier alpha value is -3.71. The number of rotatable bonds is 8. The summed E-state index contributed by atoms with van der Waals surface area (Å²) in [7, 11) is 0. The van der Waals surface area contributed by atoms with E-state index in [0.29, 0.717) is 6.61 Å². The molecule has 1 aliphatic rings. The molecule has 0 fully saturated rings. The average molecular weight is 426 g/mol. The van der Waals surface area contributed by atoms with Crippen LogP contribution in [-0.4, -0.2) is 17.6 Å². The monoisotopic (exact) mass is 425 g/mol. The normalized spacial score (nSPS) is 13.1. The molecule has 1 atom stereocenters. The number of carbonyl (C=O) groups is 1. The van der Waals surface area contributed by atoms with Crippen LogP contribution in [0, 0.1) is 11.8 Å². The fourth-order valence-electron chi connectivity index (χ4n) is 4.17. The minimum Gasteiger partial charge on any atom is -0.489 e. The Morgan fingerprint density at radius 2 is 1.84 bits per heavy atom. The van der Waals surface area contributed by atoms with Gasteiger partial charge in [-0.1, -0.05) is 60.5 Å². The summed E-state index contributed by atoms with van der Waals surface area (Å²) in [4.78, 5) is 13.5. The summed E-state index contributed by atoms with van der Waals surface area (Å²) in [6.07, 6.45) is 1.10. The standard InChI is InChI=1S/C28H27NO3/c1-2-6-25(18-28(30)31)23-11-13-26(14-12-23)32-20-22-8-5-7-21(17-22)19-29-16-15-24-9-3-4-10-27(24)29/h3-5,7-14,17,25H,15-16,18-20H2,1H3,(H,30,31). The Labute approximate surface area is 189 Å². The topological polar surface area (TPSA) is 49.8 Å². The summed E-state index contributed by atoms with van der Waals surface area (Å²) in [5.41, 5.74) is 6.05. The van der Waals surface area contributed by atoms with Crippen molar-refractivity contribution >= 4 is 11.7 Å². The molecule has 32 heavy (non-hydrogen) atoms. The minimum atomic E-state index is -0.852. The molecular formula is C28H27NO3. The number of nitrogens with zero attached hydrogens (tertiary/aromatic N) is 1. The van der Waals surface area contributed by atoms with Crippen molar-refractivity contribution in [2.75, 3.05) is 11.4 Å². The van der Waals surface area contributed by atoms with Crippen molar-refractivity contribution in [1.82, 2.24) is 0 Å². The molecule has 0 aliphatic carbocycles. The smallest absolute Gasteiger partial charge is 0.304 e. The van der Waals surface area contributed by atoms with E-state index in [2.05, 4.69) is 65.3 Å². The van der Waals surface area contributed by atoms with E-state index in [-0.39, 0.29) is 12.3 Å². The van der Waals surface area contributed by atoms with E-state index >= 15 is 0 Å². The second-order valence-corrected chi connectivity index (χ2v) is 8.02. The summed E-state index contributed by atoms with van der Waals surface area (Å²) in [5, 5.41) is 9.10. The number of ether oxygens (including phenoxy) is 1. The van der Waals surface area contributed by atoms with Crippen LogP contribution in [0.15, 0.2) is 72.8 Å². The van der Waals surface area contributed by atoms with Gasteiger partial charge in [-0.25, -0.2) is 0 Å². The summed E-state index contributed by atoms with van der Waals surface area (Å²) in [5.74, 6) is 5.39. The van der Waals surface area contributed by atoms with Crippen molar-refractivity contribution < 1.29 is 14.6 Å². The third-order valence-corrected chi connectivity index (χ3v) is 5.73. The Balaban J connectivity index is 1.37. The van der Waals surface area contributed by atoms with Crippen molar-refractivity contribution in [3.8, 4) is 17.6 Å². The minimum absolute atomic E-state index is 0.00463. The van der Waals surface area contributed by atoms with Gasteiger partial charge in [0, 0.05) is 18.8 Å². The number of benzene rings is 3. The number of carboxylic acid groups (broad SMARTS) is 1. The second kappa shape index (κ2) is 10.1. The van der Waals surface area contributed by atoms with Crippen LogP contribution in [0.5, 0.6) is 5.75 Å². The van der Waals surface area contributed by atoms with E-state index < -0.39 is 5.97 Å². The first-order chi connectivity index (χ1) is 15.6. The van der Waals surface area contributed by atoms with Crippen LogP contribution in [-0.2, 0) is 24.4 Å². The first kappa shape index (κ1) is 21.5. The van der Waals surface area contributed by atoms with Crippen LogP contribution < -0.4 is 9.64 Å². The van der Waals surface area contributed by atoms with Gasteiger partial charge in [0.25, 0.3) is 0 Å². The van der Waals surface area contributed by atoms with Crippen LogP contribution in [0.4, 0.5) is 5.69 Å². The van der Waals surface area contributed by atoms with Crippen molar-refractivity contribution in [3.63, 3.8) is 0 Å². The molecule has 0 aromatic heterocycles. The van der Waals surface area contributed by atoms with Gasteiger partial charge < -0.3 is 14.7 Å². The second-order valence-electron chi connectivity index (χ2n) is 8.02. The van der Waals surface area contributed by atoms with Crippen LogP contribution in [0.25, 0.3) is 0 Å². The molecule has 0 bridgehead atoms. The lowest BCUT2D eigenvalue weighted by molar-refractivity contribution is -0.137. The molecule has 1 heterocycles. The summed E-state index contributed by atoms with van der Waals surface area (Å²) < 4.78 is 5.98. The summed E-state index contributed by atoms with van der Waals surface area (Å²) in [6.45, 7) is 4.15. The number of aliphatic carboxylic acids is 1. The third-order valence-electron chi connectivity index (χ3n) is 5.73. The maximum absolute atomic E-state index is 11.1. The Bertz CT molecular complexity index is 1140. The zero-order valence-electron chi connectivity index (χ0n) is 18.3. The predicted molar refractivity (Wildman–Crippen MR) is 127 cm³/mol. The summed E-state index contributed by atoms with van der Waals surface area (Å²) in [6, 6.07) is 24.7. The highest BCUT2D eigenvalue weighted by molar-refractivity contribution is 5.69. The van der Waals surface area contributed by atoms with Gasteiger partial charge in [0.2, 0.25) is 0 Å². The van der Waals surface area contributed by atoms with E-state index in [9.17, 15) is 4.79 Å². The van der Waals surface area contributed by atoms with Crippen molar-refractivity contribution in [2.24, 2.45) is 0 Å². The highest BCUT2D eigenvalue weighted by Gasteiger charge is 2.18. The van der Waals surface area contributed by atoms with Crippen molar-refractivity contribution in [1.29, 1.82) is 0 Å². The molecule has 0 amide bonds. The van der Waals surface area contributed by atoms with Gasteiger partial charge in [-0.05, 0) is 53.8 Å². The fraction of sp³-hybridized carbons (Fsp3) is 0.250. The Morgan fingerprint density at radius 1 is 1.06 bits per heavy atom. The van der Waals surface area contributed by atoms with E-state index in [4.69, 9.17) is 9.84 Å². The lowest BCUT2D eigenvalue weighted by atomic mass is 9.96. The van der Waals surface area contributed by atoms with Gasteiger partial charge in [0.1, 0.15) is 12.4 Å². The fourth-order valence-corrected chi connectivity index (χ4v) is 4.17. The predicted octanol–water partition coefficient (Wildman–Crippen LogP) is 5.41. The quantitative estimate of drug-likeness (QED) is 0.490. The molecule has 1 N–H and O–H groups in total. The average Bonchev–Trinajstić information content (AvgIpc) is 3.21. The molecule has 4 rings (SSSR count). The lowest BCUT2D eigenvalue weighted by Gasteiger charge is -2.20. The highest BCUT2D eigenvalue weighted by atomic mass is 16.5. The number of para-hydroxylation sites is 1. The SMILES string of the molecule is CC#CC(CC(=O)O)c1ccc(OCc2cccc(CN3CCc4ccccc43)c2)cc1. The molecular weight excluding hydrogens is 398 g/mol. The zero-order chi connectivity index (χ0) is 22.3. The van der Waals surface area contributed by atoms with Crippen LogP contribution in [0.2, 0.25) is 0 Å². The maximum atomic E-state index is 11.1. The number of hydrogen-bond donors (Lipinski definition) is 1. The van der Waals surface area contributed by atoms with E-state index in [0.717, 1.165) is 36.4 Å². The number of anilines is 1. The zero-order valence-corrected chi connectivity index (χ0v) is 18.3. The van der Waals surface area contributed by atoms with Gasteiger partial charge in [-0.15, -0.1) is 5.92 Å². The molecule has 3 aromatic carbocycles. The van der Waals surface area contributed by atoms with Crippen molar-refractivity contribution in [3.05, 3.63) is 95.1 Å². The van der Waals surface area contributed by atoms with Gasteiger partial charge in [-0.2, -0.15) is 0 Å². The van der Waals surface area contributed by atoms with Crippen LogP contribution in [0.1, 0.15) is 41.5 Å². The molecule has 4 heteroatoms. The van der Waals surface area contributed by atoms with Gasteiger partial charge in [-0.3, -0.25) is 4.79 Å². The molecule has 0 saturated carbocycles. The van der Waals surface area contributed by atoms with E-state index in [1.54, 1.807) is 6.92 Å². The van der Waals surface area contributed by atoms with Crippen LogP contribution >= 0.6 is 0 Å². The molecule has 3 aromatic rings. The van der Waals surface area contributed by atoms with E-state index in [1.807, 2.05) is 24.3 Å². The Morgan fingerprint density at radius 3 is 2.62 bits per heavy atom. The van der Waals surface area contributed by atoms with E-state index in [1.165, 1.54) is 16.8 Å². The van der Waals surface area contributed by atoms with Gasteiger partial charge in [0.15, 0.2) is 0 Å². The van der Waals surface area contributed by atoms with Gasteiger partial charge in [0.05, 0.1) is 12.3 Å². The molecule has 162 valence electrons. The van der Waals surface area contributed by atoms with Crippen molar-refractivity contribution in [2.45, 2.75) is 38.8 Å². The maximum Gasteiger partial charge on any atom is 0.304 e. The lowest BCUT2D eigenvalue weighted by Crippen LogP contribution is -2.19. The molecule has 1 unspecified atom stereocenters. The third kappa shape index (κ3) is 5.31. The molecule has 0 spiro atoms. The number of hydrogen-bond acceptors (Lipinski definition) is 3. The Kier molecular flexibility index (Phi) is 6.77. The number of fused-ring (bicyclic) bond motifs is 1. The molecule has 1 aliphatic heterocycles. The number of carboxylic acids is 1. The first-order valence-corrected chi connectivity index (χ1v) is 10.9. The van der Waals surface area contributed by atoms with Gasteiger partial charge >= 0.3 is 5.97 Å². The summed E-state index contributed by atoms with van der Waals surface area (Å²) >= 11 is 0. The van der Waals surface area contributed by atoms with Crippen LogP contribution in [0.3, 0.4) is 0 Å². The molecule has 0 saturated heterocycles. The molecule has 4 nitrogen and oxygen atoms in total. The first-order valence-electron chi connectivity index (χ1n) is 10.9. The largest absolute Gasteiger partial charge is 0.489 e. The molecule has 0 radical (unpaired) electrons. The highest BCUT2D eigenvalue weighted by Crippen LogP contribution is 2.29.